The van der Waals surface area contributed by atoms with E-state index in [1.165, 1.54) is 19.2 Å². The molecule has 1 atom stereocenters. The summed E-state index contributed by atoms with van der Waals surface area (Å²) in [6.45, 7) is 1.80. The smallest absolute Gasteiger partial charge is 0.284 e. The molecule has 8 nitrogen and oxygen atoms in total. The van der Waals surface area contributed by atoms with E-state index in [9.17, 15) is 13.2 Å². The Bertz CT molecular complexity index is 971. The molecule has 0 saturated heterocycles. The normalized spacial score (nSPS) is 16.7. The number of benzene rings is 2. The Morgan fingerprint density at radius 3 is 2.44 bits per heavy atom. The molecule has 1 heterocycles. The van der Waals surface area contributed by atoms with Crippen LogP contribution in [0.3, 0.4) is 0 Å². The van der Waals surface area contributed by atoms with Gasteiger partial charge in [0, 0.05) is 0 Å². The van der Waals surface area contributed by atoms with Crippen molar-refractivity contribution in [2.75, 3.05) is 13.7 Å². The van der Waals surface area contributed by atoms with Gasteiger partial charge in [-0.05, 0) is 43.8 Å². The van der Waals surface area contributed by atoms with E-state index in [-0.39, 0.29) is 11.5 Å². The predicted octanol–water partition coefficient (Wildman–Crippen LogP) is 1.27. The van der Waals surface area contributed by atoms with Gasteiger partial charge in [-0.2, -0.15) is 5.10 Å². The molecule has 2 aromatic carbocycles. The van der Waals surface area contributed by atoms with Crippen LogP contribution in [-0.2, 0) is 14.8 Å². The number of amides is 1. The van der Waals surface area contributed by atoms with Crippen LogP contribution >= 0.6 is 0 Å². The van der Waals surface area contributed by atoms with Crippen molar-refractivity contribution < 1.29 is 22.7 Å². The van der Waals surface area contributed by atoms with Gasteiger partial charge in [-0.15, -0.1) is 0 Å². The first kappa shape index (κ1) is 18.9. The lowest BCUT2D eigenvalue weighted by Crippen LogP contribution is -2.42. The van der Waals surface area contributed by atoms with Crippen LogP contribution in [0.5, 0.6) is 11.5 Å². The van der Waals surface area contributed by atoms with Crippen molar-refractivity contribution in [3.05, 3.63) is 54.1 Å². The first-order valence-corrected chi connectivity index (χ1v) is 9.65. The number of fused-ring (bicyclic) bond motifs is 1. The highest BCUT2D eigenvalue weighted by Crippen LogP contribution is 2.30. The minimum atomic E-state index is -3.50. The molecule has 27 heavy (non-hydrogen) atoms. The molecule has 2 aromatic rings. The van der Waals surface area contributed by atoms with Crippen LogP contribution in [0.15, 0.2) is 58.5 Å². The number of sulfonamides is 1. The zero-order chi connectivity index (χ0) is 19.4. The lowest BCUT2D eigenvalue weighted by atomic mass is 10.1. The van der Waals surface area contributed by atoms with E-state index >= 15 is 0 Å². The van der Waals surface area contributed by atoms with Gasteiger partial charge in [0.15, 0.2) is 11.5 Å². The summed E-state index contributed by atoms with van der Waals surface area (Å²) < 4.78 is 36.8. The first-order chi connectivity index (χ1) is 12.9. The van der Waals surface area contributed by atoms with Crippen molar-refractivity contribution in [1.29, 1.82) is 0 Å². The van der Waals surface area contributed by atoms with Gasteiger partial charge < -0.3 is 9.47 Å². The number of ether oxygens (including phenoxy) is 2. The van der Waals surface area contributed by atoms with Crippen molar-refractivity contribution >= 4 is 21.6 Å². The molecule has 0 fully saturated rings. The van der Waals surface area contributed by atoms with Crippen molar-refractivity contribution in [3.63, 3.8) is 0 Å². The van der Waals surface area contributed by atoms with Gasteiger partial charge in [-0.1, -0.05) is 24.3 Å². The fraction of sp³-hybridized carbons (Fsp3) is 0.222. The highest BCUT2D eigenvalue weighted by Gasteiger charge is 2.27. The van der Waals surface area contributed by atoms with Gasteiger partial charge in [-0.25, -0.2) is 18.6 Å². The highest BCUT2D eigenvalue weighted by molar-refractivity contribution is 7.89. The standard InChI is InChI=1S/C18H19N3O5S/c1-12(13-7-9-14(10-8-13)27(23,24)19-2)20-21-18(22)17-11-25-15-5-3-4-6-16(15)26-17/h3-10,17,19H,11H2,1-2H3,(H,21,22)/b20-12-/t17-/m0/s1. The number of nitrogens with one attached hydrogen (secondary N) is 2. The fourth-order valence-electron chi connectivity index (χ4n) is 2.42. The monoisotopic (exact) mass is 389 g/mol. The van der Waals surface area contributed by atoms with Crippen LogP contribution in [0.25, 0.3) is 0 Å². The van der Waals surface area contributed by atoms with E-state index < -0.39 is 22.0 Å². The molecule has 1 amide bonds. The summed E-state index contributed by atoms with van der Waals surface area (Å²) >= 11 is 0. The second-order valence-corrected chi connectivity index (χ2v) is 7.66. The lowest BCUT2D eigenvalue weighted by Gasteiger charge is -2.24. The molecule has 0 aliphatic carbocycles. The predicted molar refractivity (Wildman–Crippen MR) is 99.4 cm³/mol. The molecule has 3 rings (SSSR count). The van der Waals surface area contributed by atoms with Gasteiger partial charge in [0.05, 0.1) is 10.6 Å². The zero-order valence-corrected chi connectivity index (χ0v) is 15.6. The first-order valence-electron chi connectivity index (χ1n) is 8.17. The van der Waals surface area contributed by atoms with Crippen LogP contribution in [0, 0.1) is 0 Å². The topological polar surface area (TPSA) is 106 Å². The highest BCUT2D eigenvalue weighted by atomic mass is 32.2. The Morgan fingerprint density at radius 1 is 1.11 bits per heavy atom. The number of carbonyl (C=O) groups is 1. The summed E-state index contributed by atoms with van der Waals surface area (Å²) in [7, 11) is -2.15. The van der Waals surface area contributed by atoms with Crippen molar-refractivity contribution in [1.82, 2.24) is 10.1 Å². The molecule has 0 saturated carbocycles. The van der Waals surface area contributed by atoms with E-state index in [0.717, 1.165) is 0 Å². The Labute approximate surface area is 157 Å². The summed E-state index contributed by atoms with van der Waals surface area (Å²) in [4.78, 5) is 12.4. The molecular formula is C18H19N3O5S. The summed E-state index contributed by atoms with van der Waals surface area (Å²) in [6.07, 6.45) is -0.806. The van der Waals surface area contributed by atoms with Crippen LogP contribution in [0.1, 0.15) is 12.5 Å². The molecule has 0 unspecified atom stereocenters. The van der Waals surface area contributed by atoms with Crippen molar-refractivity contribution in [2.45, 2.75) is 17.9 Å². The number of rotatable bonds is 5. The summed E-state index contributed by atoms with van der Waals surface area (Å²) in [5, 5.41) is 4.05. The maximum Gasteiger partial charge on any atom is 0.284 e. The molecule has 1 aliphatic heterocycles. The number of hydrogen-bond donors (Lipinski definition) is 2. The van der Waals surface area contributed by atoms with Gasteiger partial charge in [0.2, 0.25) is 16.1 Å². The van der Waals surface area contributed by atoms with Crippen LogP contribution in [0.2, 0.25) is 0 Å². The summed E-state index contributed by atoms with van der Waals surface area (Å²) in [6, 6.07) is 13.3. The van der Waals surface area contributed by atoms with Gasteiger partial charge in [0.25, 0.3) is 5.91 Å². The third kappa shape index (κ3) is 4.26. The Kier molecular flexibility index (Phi) is 5.43. The maximum atomic E-state index is 12.3. The quantitative estimate of drug-likeness (QED) is 0.592. The third-order valence-electron chi connectivity index (χ3n) is 3.99. The minimum Gasteiger partial charge on any atom is -0.485 e. The Hall–Kier alpha value is -2.91. The summed E-state index contributed by atoms with van der Waals surface area (Å²) in [5.41, 5.74) is 3.65. The number of nitrogens with zero attached hydrogens (tertiary/aromatic N) is 1. The Morgan fingerprint density at radius 2 is 1.78 bits per heavy atom. The Balaban J connectivity index is 1.64. The molecule has 0 spiro atoms. The van der Waals surface area contributed by atoms with E-state index in [0.29, 0.717) is 22.8 Å². The van der Waals surface area contributed by atoms with Gasteiger partial charge >= 0.3 is 0 Å². The maximum absolute atomic E-state index is 12.3. The molecule has 0 bridgehead atoms. The average Bonchev–Trinajstić information content (AvgIpc) is 2.71. The summed E-state index contributed by atoms with van der Waals surface area (Å²) in [5.74, 6) is 0.669. The van der Waals surface area contributed by atoms with Gasteiger partial charge in [-0.3, -0.25) is 4.79 Å². The van der Waals surface area contributed by atoms with E-state index in [4.69, 9.17) is 9.47 Å². The molecule has 9 heteroatoms. The molecule has 0 radical (unpaired) electrons. The molecule has 0 aromatic heterocycles. The SMILES string of the molecule is CNS(=O)(=O)c1ccc(/C(C)=N\NC(=O)[C@@H]2COc3ccccc3O2)cc1. The van der Waals surface area contributed by atoms with E-state index in [1.54, 1.807) is 37.3 Å². The van der Waals surface area contributed by atoms with Crippen LogP contribution in [-0.4, -0.2) is 39.8 Å². The zero-order valence-electron chi connectivity index (χ0n) is 14.8. The third-order valence-corrected chi connectivity index (χ3v) is 5.42. The molecular weight excluding hydrogens is 370 g/mol. The molecule has 2 N–H and O–H groups in total. The fourth-order valence-corrected chi connectivity index (χ4v) is 3.15. The largest absolute Gasteiger partial charge is 0.485 e. The number of hydrazone groups is 1. The lowest BCUT2D eigenvalue weighted by molar-refractivity contribution is -0.130. The molecule has 1 aliphatic rings. The average molecular weight is 389 g/mol. The molecule has 142 valence electrons. The second kappa shape index (κ2) is 7.77. The number of carbonyl (C=O) groups excluding carboxylic acids is 1. The van der Waals surface area contributed by atoms with Gasteiger partial charge in [0.1, 0.15) is 6.61 Å². The van der Waals surface area contributed by atoms with Crippen LogP contribution in [0.4, 0.5) is 0 Å². The van der Waals surface area contributed by atoms with Crippen molar-refractivity contribution in [2.24, 2.45) is 5.10 Å². The van der Waals surface area contributed by atoms with E-state index in [2.05, 4.69) is 15.2 Å². The number of hydrogen-bond acceptors (Lipinski definition) is 6. The van der Waals surface area contributed by atoms with E-state index in [1.807, 2.05) is 6.07 Å². The van der Waals surface area contributed by atoms with Crippen molar-refractivity contribution in [3.8, 4) is 11.5 Å². The second-order valence-electron chi connectivity index (χ2n) is 5.77. The minimum absolute atomic E-state index is 0.0913. The number of para-hydroxylation sites is 2. The van der Waals surface area contributed by atoms with Crippen LogP contribution < -0.4 is 19.6 Å².